The van der Waals surface area contributed by atoms with Crippen molar-refractivity contribution in [3.63, 3.8) is 0 Å². The molecule has 1 fully saturated rings. The number of nitrogens with zero attached hydrogens (tertiary/aromatic N) is 1. The summed E-state index contributed by atoms with van der Waals surface area (Å²) in [4.78, 5) is 26.9. The molecule has 4 rings (SSSR count). The second-order valence-corrected chi connectivity index (χ2v) is 6.31. The lowest BCUT2D eigenvalue weighted by Crippen LogP contribution is -2.41. The van der Waals surface area contributed by atoms with Crippen molar-refractivity contribution >= 4 is 11.9 Å². The zero-order valence-electron chi connectivity index (χ0n) is 13.0. The summed E-state index contributed by atoms with van der Waals surface area (Å²) < 4.78 is 0. The first kappa shape index (κ1) is 14.0. The summed E-state index contributed by atoms with van der Waals surface area (Å²) in [5, 5.41) is 2.96. The van der Waals surface area contributed by atoms with E-state index in [-0.39, 0.29) is 11.9 Å². The van der Waals surface area contributed by atoms with Crippen LogP contribution in [0.3, 0.4) is 0 Å². The molecule has 1 saturated heterocycles. The number of imide groups is 1. The summed E-state index contributed by atoms with van der Waals surface area (Å²) in [5.41, 5.74) is 3.32. The van der Waals surface area contributed by atoms with Gasteiger partial charge >= 0.3 is 6.03 Å². The normalized spacial score (nSPS) is 22.6. The summed E-state index contributed by atoms with van der Waals surface area (Å²) in [5.74, 6) is -0.129. The average Bonchev–Trinajstić information content (AvgIpc) is 3.04. The van der Waals surface area contributed by atoms with Crippen molar-refractivity contribution in [1.82, 2.24) is 10.2 Å². The van der Waals surface area contributed by atoms with E-state index >= 15 is 0 Å². The Balaban J connectivity index is 1.69. The van der Waals surface area contributed by atoms with Crippen LogP contribution in [0.25, 0.3) is 0 Å². The zero-order valence-corrected chi connectivity index (χ0v) is 13.0. The average molecular weight is 306 g/mol. The van der Waals surface area contributed by atoms with Crippen molar-refractivity contribution in [3.8, 4) is 0 Å². The van der Waals surface area contributed by atoms with Gasteiger partial charge in [-0.3, -0.25) is 9.69 Å². The third-order valence-electron chi connectivity index (χ3n) is 5.01. The summed E-state index contributed by atoms with van der Waals surface area (Å²) in [6.45, 7) is 2.32. The molecule has 2 aromatic carbocycles. The number of fused-ring (bicyclic) bond motifs is 2. The highest BCUT2D eigenvalue weighted by atomic mass is 16.2. The van der Waals surface area contributed by atoms with Crippen molar-refractivity contribution in [2.45, 2.75) is 31.8 Å². The lowest BCUT2D eigenvalue weighted by Gasteiger charge is -2.22. The third kappa shape index (κ3) is 1.98. The summed E-state index contributed by atoms with van der Waals surface area (Å²) in [6, 6.07) is 15.4. The topological polar surface area (TPSA) is 49.4 Å². The molecule has 23 heavy (non-hydrogen) atoms. The quantitative estimate of drug-likeness (QED) is 0.867. The predicted octanol–water partition coefficient (Wildman–Crippen LogP) is 2.89. The fraction of sp³-hybridized carbons (Fsp3) is 0.263. The molecule has 2 aromatic rings. The Bertz CT molecular complexity index is 815. The standard InChI is InChI=1S/C19H18N2O2/c1-13-6-2-3-8-15(13)12-21-17(22)19(20-18(21)23)11-10-14-7-4-5-9-16(14)19/h2-9H,10-12H2,1H3,(H,20,23)/t19-/m0/s1. The monoisotopic (exact) mass is 306 g/mol. The fourth-order valence-electron chi connectivity index (χ4n) is 3.69. The van der Waals surface area contributed by atoms with Gasteiger partial charge in [-0.2, -0.15) is 0 Å². The molecule has 1 N–H and O–H groups in total. The van der Waals surface area contributed by atoms with Gasteiger partial charge in [0.15, 0.2) is 0 Å². The molecular formula is C19H18N2O2. The number of urea groups is 1. The first-order valence-electron chi connectivity index (χ1n) is 7.89. The van der Waals surface area contributed by atoms with E-state index in [1.165, 1.54) is 4.90 Å². The van der Waals surface area contributed by atoms with Crippen molar-refractivity contribution in [2.75, 3.05) is 0 Å². The Morgan fingerprint density at radius 2 is 1.83 bits per heavy atom. The van der Waals surface area contributed by atoms with E-state index in [0.717, 1.165) is 28.7 Å². The van der Waals surface area contributed by atoms with Crippen LogP contribution in [0.5, 0.6) is 0 Å². The van der Waals surface area contributed by atoms with Gasteiger partial charge in [-0.05, 0) is 42.0 Å². The number of rotatable bonds is 2. The Kier molecular flexibility index (Phi) is 3.01. The molecule has 4 nitrogen and oxygen atoms in total. The molecule has 0 radical (unpaired) electrons. The van der Waals surface area contributed by atoms with Gasteiger partial charge in [-0.15, -0.1) is 0 Å². The number of aryl methyl sites for hydroxylation is 2. The predicted molar refractivity (Wildman–Crippen MR) is 86.7 cm³/mol. The molecule has 116 valence electrons. The van der Waals surface area contributed by atoms with Crippen molar-refractivity contribution in [1.29, 1.82) is 0 Å². The van der Waals surface area contributed by atoms with Gasteiger partial charge in [0.2, 0.25) is 0 Å². The third-order valence-corrected chi connectivity index (χ3v) is 5.01. The van der Waals surface area contributed by atoms with E-state index in [4.69, 9.17) is 0 Å². The van der Waals surface area contributed by atoms with Gasteiger partial charge in [-0.1, -0.05) is 48.5 Å². The van der Waals surface area contributed by atoms with Crippen LogP contribution in [0.1, 0.15) is 28.7 Å². The van der Waals surface area contributed by atoms with E-state index in [9.17, 15) is 9.59 Å². The van der Waals surface area contributed by atoms with Gasteiger partial charge in [0.1, 0.15) is 5.54 Å². The van der Waals surface area contributed by atoms with Crippen LogP contribution in [-0.2, 0) is 23.3 Å². The molecule has 1 aliphatic heterocycles. The van der Waals surface area contributed by atoms with Crippen LogP contribution in [0.2, 0.25) is 0 Å². The highest BCUT2D eigenvalue weighted by molar-refractivity contribution is 6.08. The molecule has 1 atom stereocenters. The highest BCUT2D eigenvalue weighted by Crippen LogP contribution is 2.41. The fourth-order valence-corrected chi connectivity index (χ4v) is 3.69. The van der Waals surface area contributed by atoms with Crippen LogP contribution in [0, 0.1) is 6.92 Å². The van der Waals surface area contributed by atoms with Gasteiger partial charge < -0.3 is 5.32 Å². The maximum atomic E-state index is 13.1. The number of carbonyl (C=O) groups is 2. The SMILES string of the molecule is Cc1ccccc1CN1C(=O)N[C@]2(CCc3ccccc32)C1=O. The molecule has 1 spiro atoms. The Morgan fingerprint density at radius 1 is 1.09 bits per heavy atom. The minimum absolute atomic E-state index is 0.129. The number of hydrogen-bond donors (Lipinski definition) is 1. The lowest BCUT2D eigenvalue weighted by molar-refractivity contribution is -0.132. The van der Waals surface area contributed by atoms with Crippen LogP contribution < -0.4 is 5.32 Å². The lowest BCUT2D eigenvalue weighted by atomic mass is 9.92. The molecule has 1 heterocycles. The molecule has 1 aliphatic carbocycles. The number of benzene rings is 2. The zero-order chi connectivity index (χ0) is 16.0. The molecule has 0 bridgehead atoms. The summed E-state index contributed by atoms with van der Waals surface area (Å²) >= 11 is 0. The number of hydrogen-bond acceptors (Lipinski definition) is 2. The Labute approximate surface area is 135 Å². The van der Waals surface area contributed by atoms with Crippen molar-refractivity contribution in [2.24, 2.45) is 0 Å². The minimum atomic E-state index is -0.865. The molecule has 0 aromatic heterocycles. The second kappa shape index (κ2) is 4.95. The van der Waals surface area contributed by atoms with E-state index in [1.807, 2.05) is 55.5 Å². The second-order valence-electron chi connectivity index (χ2n) is 6.31. The first-order valence-corrected chi connectivity index (χ1v) is 7.89. The van der Waals surface area contributed by atoms with Gasteiger partial charge in [0.05, 0.1) is 6.54 Å². The first-order chi connectivity index (χ1) is 11.1. The highest BCUT2D eigenvalue weighted by Gasteiger charge is 2.55. The van der Waals surface area contributed by atoms with E-state index in [0.29, 0.717) is 13.0 Å². The van der Waals surface area contributed by atoms with Gasteiger partial charge in [-0.25, -0.2) is 4.79 Å². The number of carbonyl (C=O) groups excluding carboxylic acids is 2. The maximum Gasteiger partial charge on any atom is 0.325 e. The molecule has 2 aliphatic rings. The van der Waals surface area contributed by atoms with E-state index < -0.39 is 5.54 Å². The van der Waals surface area contributed by atoms with Crippen molar-refractivity contribution in [3.05, 3.63) is 70.8 Å². The molecular weight excluding hydrogens is 288 g/mol. The number of amides is 3. The smallest absolute Gasteiger partial charge is 0.319 e. The maximum absolute atomic E-state index is 13.1. The minimum Gasteiger partial charge on any atom is -0.319 e. The molecule has 0 unspecified atom stereocenters. The number of nitrogens with one attached hydrogen (secondary N) is 1. The van der Waals surface area contributed by atoms with Gasteiger partial charge in [0.25, 0.3) is 5.91 Å². The molecule has 3 amide bonds. The summed E-state index contributed by atoms with van der Waals surface area (Å²) in [6.07, 6.45) is 1.46. The van der Waals surface area contributed by atoms with Crippen LogP contribution in [-0.4, -0.2) is 16.8 Å². The van der Waals surface area contributed by atoms with Crippen LogP contribution in [0.4, 0.5) is 4.79 Å². The van der Waals surface area contributed by atoms with Gasteiger partial charge in [0, 0.05) is 0 Å². The van der Waals surface area contributed by atoms with E-state index in [1.54, 1.807) is 0 Å². The Morgan fingerprint density at radius 3 is 2.65 bits per heavy atom. The summed E-state index contributed by atoms with van der Waals surface area (Å²) in [7, 11) is 0. The van der Waals surface area contributed by atoms with E-state index in [2.05, 4.69) is 5.32 Å². The largest absolute Gasteiger partial charge is 0.325 e. The van der Waals surface area contributed by atoms with Crippen LogP contribution >= 0.6 is 0 Å². The van der Waals surface area contributed by atoms with Crippen LogP contribution in [0.15, 0.2) is 48.5 Å². The molecule has 4 heteroatoms. The Hall–Kier alpha value is -2.62. The molecule has 0 saturated carbocycles. The van der Waals surface area contributed by atoms with Crippen molar-refractivity contribution < 1.29 is 9.59 Å².